The SMILES string of the molecule is OCCCC1=C(c2cccc3c2[cH-]c2ccccc23)CC=C1.[Cl-].[Cl-].[Zr+3]. The fourth-order valence-corrected chi connectivity index (χ4v) is 3.58. The second kappa shape index (κ2) is 9.79. The maximum atomic E-state index is 9.10. The summed E-state index contributed by atoms with van der Waals surface area (Å²) in [6.45, 7) is 0.259. The van der Waals surface area contributed by atoms with E-state index in [1.165, 1.54) is 38.3 Å². The molecule has 0 saturated carbocycles. The number of hydrogen-bond donors (Lipinski definition) is 1. The minimum Gasteiger partial charge on any atom is -1.00 e. The zero-order valence-corrected chi connectivity index (χ0v) is 17.8. The number of allylic oxidation sites excluding steroid dienone is 4. The van der Waals surface area contributed by atoms with Crippen molar-refractivity contribution in [3.8, 4) is 0 Å². The van der Waals surface area contributed by atoms with Gasteiger partial charge in [-0.2, -0.15) is 0 Å². The second-order valence-corrected chi connectivity index (χ2v) is 5.94. The quantitative estimate of drug-likeness (QED) is 0.518. The van der Waals surface area contributed by atoms with Crippen molar-refractivity contribution in [3.63, 3.8) is 0 Å². The Balaban J connectivity index is 0.00000104. The van der Waals surface area contributed by atoms with Crippen LogP contribution in [0.3, 0.4) is 0 Å². The fraction of sp³-hybridized carbons (Fsp3) is 0.190. The molecule has 1 nitrogen and oxygen atoms in total. The van der Waals surface area contributed by atoms with E-state index in [0.29, 0.717) is 0 Å². The van der Waals surface area contributed by atoms with E-state index in [1.54, 1.807) is 0 Å². The van der Waals surface area contributed by atoms with Crippen LogP contribution in [-0.4, -0.2) is 11.7 Å². The van der Waals surface area contributed by atoms with E-state index < -0.39 is 0 Å². The Hall–Kier alpha value is -0.787. The molecule has 25 heavy (non-hydrogen) atoms. The predicted molar refractivity (Wildman–Crippen MR) is 94.0 cm³/mol. The summed E-state index contributed by atoms with van der Waals surface area (Å²) < 4.78 is 0. The van der Waals surface area contributed by atoms with Gasteiger partial charge in [0.1, 0.15) is 0 Å². The molecule has 1 N–H and O–H groups in total. The molecule has 4 heteroatoms. The van der Waals surface area contributed by atoms with Gasteiger partial charge in [-0.05, 0) is 19.3 Å². The summed E-state index contributed by atoms with van der Waals surface area (Å²) in [6.07, 6.45) is 7.26. The van der Waals surface area contributed by atoms with Gasteiger partial charge in [-0.1, -0.05) is 65.3 Å². The van der Waals surface area contributed by atoms with Gasteiger partial charge in [-0.15, -0.1) is 33.7 Å². The van der Waals surface area contributed by atoms with Crippen LogP contribution in [0.1, 0.15) is 24.8 Å². The molecule has 0 aromatic heterocycles. The van der Waals surface area contributed by atoms with Crippen LogP contribution in [0.2, 0.25) is 0 Å². The molecule has 0 unspecified atom stereocenters. The van der Waals surface area contributed by atoms with Crippen LogP contribution in [0.4, 0.5) is 0 Å². The van der Waals surface area contributed by atoms with Crippen LogP contribution in [0.15, 0.2) is 66.3 Å². The first-order valence-electron chi connectivity index (χ1n) is 7.95. The average molecular weight is 450 g/mol. The molecular weight excluding hydrogens is 430 g/mol. The van der Waals surface area contributed by atoms with E-state index in [1.807, 2.05) is 0 Å². The Morgan fingerprint density at radius 1 is 0.960 bits per heavy atom. The molecule has 0 saturated heterocycles. The van der Waals surface area contributed by atoms with Gasteiger partial charge in [0.2, 0.25) is 0 Å². The number of halogens is 2. The molecular formula is C21H19Cl2OZr. The molecule has 4 rings (SSSR count). The Kier molecular flexibility index (Phi) is 8.71. The maximum Gasteiger partial charge on any atom is 3.00 e. The molecule has 3 aromatic rings. The standard InChI is InChI=1S/C21H19O.2ClH.Zr/c22-13-5-8-15-7-3-10-17(15)19-11-4-12-20-18-9-2-1-6-16(18)14-21(19)20;;;/h1-4,6-7,9,11-12,14,22H,5,8,10,13H2;2*1H;/q-1;;;+3/p-2. The summed E-state index contributed by atoms with van der Waals surface area (Å²) in [7, 11) is 0. The maximum absolute atomic E-state index is 9.10. The topological polar surface area (TPSA) is 20.2 Å². The third-order valence-electron chi connectivity index (χ3n) is 4.61. The Bertz CT molecular complexity index is 909. The molecule has 0 aliphatic heterocycles. The number of rotatable bonds is 4. The van der Waals surface area contributed by atoms with Crippen molar-refractivity contribution in [1.82, 2.24) is 0 Å². The minimum atomic E-state index is 0. The van der Waals surface area contributed by atoms with Crippen molar-refractivity contribution in [1.29, 1.82) is 0 Å². The molecule has 0 fully saturated rings. The van der Waals surface area contributed by atoms with Crippen LogP contribution in [0.5, 0.6) is 0 Å². The van der Waals surface area contributed by atoms with Crippen LogP contribution in [-0.2, 0) is 26.2 Å². The van der Waals surface area contributed by atoms with Gasteiger partial charge >= 0.3 is 26.2 Å². The number of benzene rings is 2. The van der Waals surface area contributed by atoms with E-state index in [4.69, 9.17) is 5.11 Å². The average Bonchev–Trinajstić information content (AvgIpc) is 3.16. The Morgan fingerprint density at radius 3 is 2.52 bits per heavy atom. The van der Waals surface area contributed by atoms with E-state index in [0.717, 1.165) is 19.3 Å². The summed E-state index contributed by atoms with van der Waals surface area (Å²) in [5, 5.41) is 14.4. The first-order chi connectivity index (χ1) is 10.9. The molecule has 0 atom stereocenters. The monoisotopic (exact) mass is 447 g/mol. The van der Waals surface area contributed by atoms with Gasteiger partial charge in [-0.3, -0.25) is 0 Å². The number of fused-ring (bicyclic) bond motifs is 3. The van der Waals surface area contributed by atoms with Crippen LogP contribution in [0, 0.1) is 0 Å². The molecule has 0 amide bonds. The van der Waals surface area contributed by atoms with Crippen LogP contribution >= 0.6 is 0 Å². The van der Waals surface area contributed by atoms with Gasteiger partial charge in [-0.25, -0.2) is 0 Å². The minimum absolute atomic E-state index is 0. The molecule has 0 spiro atoms. The first-order valence-corrected chi connectivity index (χ1v) is 7.95. The van der Waals surface area contributed by atoms with Crippen molar-refractivity contribution in [3.05, 3.63) is 71.8 Å². The summed E-state index contributed by atoms with van der Waals surface area (Å²) in [6, 6.07) is 17.5. The van der Waals surface area contributed by atoms with Gasteiger partial charge < -0.3 is 29.9 Å². The third kappa shape index (κ3) is 4.14. The van der Waals surface area contributed by atoms with E-state index in [2.05, 4.69) is 60.7 Å². The van der Waals surface area contributed by atoms with E-state index in [9.17, 15) is 0 Å². The molecule has 127 valence electrons. The van der Waals surface area contributed by atoms with E-state index in [-0.39, 0.29) is 57.6 Å². The van der Waals surface area contributed by atoms with Crippen LogP contribution < -0.4 is 24.8 Å². The predicted octanol–water partition coefficient (Wildman–Crippen LogP) is -0.797. The Morgan fingerprint density at radius 2 is 1.72 bits per heavy atom. The number of hydrogen-bond acceptors (Lipinski definition) is 1. The molecule has 1 radical (unpaired) electrons. The fourth-order valence-electron chi connectivity index (χ4n) is 3.58. The van der Waals surface area contributed by atoms with Crippen LogP contribution in [0.25, 0.3) is 27.1 Å². The van der Waals surface area contributed by atoms with Crippen molar-refractivity contribution in [2.24, 2.45) is 0 Å². The number of aliphatic hydroxyl groups is 1. The molecule has 0 heterocycles. The van der Waals surface area contributed by atoms with Gasteiger partial charge in [0.15, 0.2) is 0 Å². The van der Waals surface area contributed by atoms with E-state index >= 15 is 0 Å². The first kappa shape index (κ1) is 22.3. The van der Waals surface area contributed by atoms with Crippen molar-refractivity contribution in [2.75, 3.05) is 6.61 Å². The van der Waals surface area contributed by atoms with Gasteiger partial charge in [0.25, 0.3) is 0 Å². The third-order valence-corrected chi connectivity index (χ3v) is 4.61. The molecule has 0 bridgehead atoms. The van der Waals surface area contributed by atoms with Crippen molar-refractivity contribution < 1.29 is 56.1 Å². The number of aliphatic hydroxyl groups excluding tert-OH is 1. The molecule has 3 aromatic carbocycles. The smallest absolute Gasteiger partial charge is 1.00 e. The van der Waals surface area contributed by atoms with Crippen molar-refractivity contribution >= 4 is 27.1 Å². The second-order valence-electron chi connectivity index (χ2n) is 5.94. The molecule has 1 aliphatic carbocycles. The van der Waals surface area contributed by atoms with Gasteiger partial charge in [0.05, 0.1) is 0 Å². The summed E-state index contributed by atoms with van der Waals surface area (Å²) in [5.74, 6) is 0. The molecule has 1 aliphatic rings. The van der Waals surface area contributed by atoms with Crippen molar-refractivity contribution in [2.45, 2.75) is 19.3 Å². The summed E-state index contributed by atoms with van der Waals surface area (Å²) >= 11 is 0. The van der Waals surface area contributed by atoms with Gasteiger partial charge in [0, 0.05) is 6.61 Å². The normalized spacial score (nSPS) is 12.8. The zero-order chi connectivity index (χ0) is 14.9. The summed E-state index contributed by atoms with van der Waals surface area (Å²) in [5.41, 5.74) is 4.16. The summed E-state index contributed by atoms with van der Waals surface area (Å²) in [4.78, 5) is 0. The Labute approximate surface area is 180 Å². The largest absolute Gasteiger partial charge is 3.00 e. The zero-order valence-electron chi connectivity index (χ0n) is 13.8.